The van der Waals surface area contributed by atoms with E-state index < -0.39 is 26.5 Å². The Kier molecular flexibility index (Phi) is 74.7. The highest BCUT2D eigenvalue weighted by molar-refractivity contribution is 7.45. The van der Waals surface area contributed by atoms with E-state index in [-0.39, 0.29) is 32.0 Å². The highest BCUT2D eigenvalue weighted by Crippen LogP contribution is 2.38. The molecule has 0 radical (unpaired) electrons. The number of nitrogens with zero attached hydrogens (tertiary/aromatic N) is 1. The van der Waals surface area contributed by atoms with Gasteiger partial charge in [0.25, 0.3) is 7.82 Å². The predicted molar refractivity (Wildman–Crippen MR) is 425 cm³/mol. The van der Waals surface area contributed by atoms with Crippen molar-refractivity contribution >= 4 is 19.8 Å². The maximum absolute atomic E-state index is 12.9. The minimum atomic E-state index is -4.65. The second kappa shape index (κ2) is 77.6. The molecule has 0 bridgehead atoms. The zero-order valence-corrected chi connectivity index (χ0v) is 65.6. The highest BCUT2D eigenvalue weighted by atomic mass is 31.2. The summed E-state index contributed by atoms with van der Waals surface area (Å²) in [7, 11) is 1.18. The van der Waals surface area contributed by atoms with Crippen molar-refractivity contribution in [1.29, 1.82) is 0 Å². The van der Waals surface area contributed by atoms with E-state index in [0.29, 0.717) is 17.4 Å². The molecule has 98 heavy (non-hydrogen) atoms. The van der Waals surface area contributed by atoms with Gasteiger partial charge in [-0.25, -0.2) is 0 Å². The summed E-state index contributed by atoms with van der Waals surface area (Å²) in [6.07, 6.45) is 112. The molecule has 0 saturated carbocycles. The van der Waals surface area contributed by atoms with Crippen molar-refractivity contribution in [3.63, 3.8) is 0 Å². The van der Waals surface area contributed by atoms with E-state index in [9.17, 15) is 19.0 Å². The van der Waals surface area contributed by atoms with E-state index in [0.717, 1.165) is 103 Å². The molecule has 566 valence electrons. The van der Waals surface area contributed by atoms with Gasteiger partial charge in [-0.2, -0.15) is 0 Å². The van der Waals surface area contributed by atoms with Gasteiger partial charge in [0, 0.05) is 12.8 Å². The van der Waals surface area contributed by atoms with Crippen LogP contribution in [0.1, 0.15) is 373 Å². The number of ether oxygens (including phenoxy) is 2. The summed E-state index contributed by atoms with van der Waals surface area (Å²) in [5.74, 6) is -0.816. The lowest BCUT2D eigenvalue weighted by molar-refractivity contribution is -0.870. The van der Waals surface area contributed by atoms with E-state index >= 15 is 0 Å². The first kappa shape index (κ1) is 94.4. The number of carbonyl (C=O) groups is 2. The molecule has 0 saturated heterocycles. The van der Waals surface area contributed by atoms with Crippen LogP contribution in [0, 0.1) is 0 Å². The fraction of sp³-hybridized carbons (Fsp3) is 0.750. The van der Waals surface area contributed by atoms with Crippen molar-refractivity contribution in [3.05, 3.63) is 122 Å². The van der Waals surface area contributed by atoms with Crippen LogP contribution in [0.15, 0.2) is 122 Å². The third-order valence-corrected chi connectivity index (χ3v) is 18.9. The molecular formula is C88H156NO8P. The number of hydrogen-bond donors (Lipinski definition) is 0. The van der Waals surface area contributed by atoms with Gasteiger partial charge >= 0.3 is 11.9 Å². The molecule has 0 aliphatic rings. The van der Waals surface area contributed by atoms with Gasteiger partial charge in [0.15, 0.2) is 6.10 Å². The van der Waals surface area contributed by atoms with Crippen molar-refractivity contribution in [2.45, 2.75) is 380 Å². The normalized spacial score (nSPS) is 13.7. The van der Waals surface area contributed by atoms with Crippen molar-refractivity contribution in [2.24, 2.45) is 0 Å². The monoisotopic (exact) mass is 1390 g/mol. The van der Waals surface area contributed by atoms with Gasteiger partial charge in [0.05, 0.1) is 27.7 Å². The number of phosphoric ester groups is 1. The fourth-order valence-electron chi connectivity index (χ4n) is 11.8. The lowest BCUT2D eigenvalue weighted by Crippen LogP contribution is -2.37. The minimum Gasteiger partial charge on any atom is -0.756 e. The van der Waals surface area contributed by atoms with Crippen LogP contribution in [0.2, 0.25) is 0 Å². The minimum absolute atomic E-state index is 0.0314. The van der Waals surface area contributed by atoms with Crippen molar-refractivity contribution in [3.8, 4) is 0 Å². The van der Waals surface area contributed by atoms with Crippen molar-refractivity contribution in [2.75, 3.05) is 47.5 Å². The zero-order chi connectivity index (χ0) is 71.1. The Morgan fingerprint density at radius 3 is 0.816 bits per heavy atom. The first-order valence-electron chi connectivity index (χ1n) is 41.2. The molecule has 0 fully saturated rings. The van der Waals surface area contributed by atoms with Crippen LogP contribution in [-0.2, 0) is 32.7 Å². The quantitative estimate of drug-likeness (QED) is 0.0195. The molecule has 0 heterocycles. The maximum atomic E-state index is 12.9. The summed E-state index contributed by atoms with van der Waals surface area (Å²) < 4.78 is 34.5. The topological polar surface area (TPSA) is 111 Å². The van der Waals surface area contributed by atoms with E-state index in [4.69, 9.17) is 18.5 Å². The van der Waals surface area contributed by atoms with Gasteiger partial charge < -0.3 is 27.9 Å². The molecule has 10 heteroatoms. The Balaban J connectivity index is 3.92. The smallest absolute Gasteiger partial charge is 0.306 e. The van der Waals surface area contributed by atoms with Crippen LogP contribution in [0.4, 0.5) is 0 Å². The van der Waals surface area contributed by atoms with Gasteiger partial charge in [-0.05, 0) is 103 Å². The Hall–Kier alpha value is -3.59. The van der Waals surface area contributed by atoms with Gasteiger partial charge in [0.1, 0.15) is 19.8 Å². The number of carbonyl (C=O) groups excluding carboxylic acids is 2. The number of rotatable bonds is 76. The highest BCUT2D eigenvalue weighted by Gasteiger charge is 2.22. The number of likely N-dealkylation sites (N-methyl/N-ethyl adjacent to an activating group) is 1. The maximum Gasteiger partial charge on any atom is 0.306 e. The largest absolute Gasteiger partial charge is 0.756 e. The average molecular weight is 1390 g/mol. The second-order valence-corrected chi connectivity index (χ2v) is 30.1. The Bertz CT molecular complexity index is 2070. The molecule has 0 aliphatic carbocycles. The molecule has 0 aromatic carbocycles. The van der Waals surface area contributed by atoms with E-state index in [1.54, 1.807) is 0 Å². The van der Waals surface area contributed by atoms with E-state index in [2.05, 4.69) is 135 Å². The Morgan fingerprint density at radius 2 is 0.551 bits per heavy atom. The summed E-state index contributed by atoms with van der Waals surface area (Å²) in [6.45, 7) is 4.06. The summed E-state index contributed by atoms with van der Waals surface area (Å²) in [4.78, 5) is 38.2. The molecule has 0 amide bonds. The number of esters is 2. The van der Waals surface area contributed by atoms with Gasteiger partial charge in [-0.1, -0.05) is 379 Å². The predicted octanol–water partition coefficient (Wildman–Crippen LogP) is 27.1. The molecule has 9 nitrogen and oxygen atoms in total. The molecular weight excluding hydrogens is 1230 g/mol. The lowest BCUT2D eigenvalue weighted by Gasteiger charge is -2.28. The van der Waals surface area contributed by atoms with Crippen LogP contribution in [0.5, 0.6) is 0 Å². The van der Waals surface area contributed by atoms with Gasteiger partial charge in [-0.3, -0.25) is 14.2 Å². The lowest BCUT2D eigenvalue weighted by atomic mass is 10.0. The van der Waals surface area contributed by atoms with Crippen LogP contribution < -0.4 is 4.89 Å². The van der Waals surface area contributed by atoms with Crippen LogP contribution >= 0.6 is 7.82 Å². The summed E-state index contributed by atoms with van der Waals surface area (Å²) in [5, 5.41) is 0. The molecule has 0 aliphatic heterocycles. The van der Waals surface area contributed by atoms with Gasteiger partial charge in [-0.15, -0.1) is 0 Å². The molecule has 0 spiro atoms. The molecule has 0 aromatic rings. The van der Waals surface area contributed by atoms with Crippen LogP contribution in [-0.4, -0.2) is 70.0 Å². The summed E-state index contributed by atoms with van der Waals surface area (Å²) >= 11 is 0. The molecule has 0 aromatic heterocycles. The second-order valence-electron chi connectivity index (χ2n) is 28.7. The molecule has 0 N–H and O–H groups in total. The third-order valence-electron chi connectivity index (χ3n) is 18.0. The standard InChI is InChI=1S/C88H156NO8P/c1-6-8-10-12-14-16-18-20-22-24-26-28-30-32-34-36-38-40-42-43-44-45-47-49-51-53-55-57-59-61-63-65-67-69-71-73-75-77-79-81-88(91)97-86(85-96-98(92,93)95-83-82-89(3,4)5)84-94-87(90)80-78-76-74-72-70-68-66-64-62-60-58-56-54-52-50-48-46-41-39-37-35-33-31-29-27-25-23-21-19-17-15-13-11-9-7-2/h8-11,14-17,20-23,26-29,32,34,38,40,86H,6-7,12-13,18-19,24-25,30-31,33,35-37,39,41-85H2,1-5H3/b10-8-,11-9-,16-14-,17-15-,22-20-,23-21-,28-26-,29-27-,34-32-,40-38-. The number of allylic oxidation sites excluding steroid dienone is 20. The third kappa shape index (κ3) is 81.4. The van der Waals surface area contributed by atoms with E-state index in [1.807, 2.05) is 21.1 Å². The van der Waals surface area contributed by atoms with Crippen LogP contribution in [0.25, 0.3) is 0 Å². The number of hydrogen-bond acceptors (Lipinski definition) is 8. The molecule has 2 unspecified atom stereocenters. The summed E-state index contributed by atoms with van der Waals surface area (Å²) in [6, 6.07) is 0. The zero-order valence-electron chi connectivity index (χ0n) is 64.7. The number of quaternary nitrogens is 1. The van der Waals surface area contributed by atoms with Gasteiger partial charge in [0.2, 0.25) is 0 Å². The fourth-order valence-corrected chi connectivity index (χ4v) is 12.5. The van der Waals surface area contributed by atoms with Crippen molar-refractivity contribution < 1.29 is 42.1 Å². The summed E-state index contributed by atoms with van der Waals surface area (Å²) in [5.41, 5.74) is 0. The average Bonchev–Trinajstić information content (AvgIpc) is 1.23. The first-order valence-corrected chi connectivity index (χ1v) is 42.7. The Morgan fingerprint density at radius 1 is 0.316 bits per heavy atom. The molecule has 0 rings (SSSR count). The Labute approximate surface area is 607 Å². The number of unbranched alkanes of at least 4 members (excludes halogenated alkanes) is 42. The SMILES string of the molecule is CC/C=C\C/C=C\C/C=C\C/C=C\C/C=C\C/C=C\CCCCCCCCCCCCCCCCCCCCCCC(=O)OC(COC(=O)CCCCCCCCCCCCCCCCCCCCCCCC/C=C\C/C=C\C/C=C\C/C=C\CC)COP(=O)([O-])OCC[N+](C)(C)C. The van der Waals surface area contributed by atoms with Crippen LogP contribution in [0.3, 0.4) is 0 Å². The van der Waals surface area contributed by atoms with E-state index in [1.165, 1.54) is 238 Å². The molecule has 2 atom stereocenters. The first-order chi connectivity index (χ1) is 48.0. The number of phosphoric acid groups is 1. The van der Waals surface area contributed by atoms with Crippen molar-refractivity contribution in [1.82, 2.24) is 0 Å².